The second-order valence-electron chi connectivity index (χ2n) is 8.01. The lowest BCUT2D eigenvalue weighted by Gasteiger charge is -2.21. The van der Waals surface area contributed by atoms with E-state index in [1.807, 2.05) is 36.4 Å². The first-order valence-electron chi connectivity index (χ1n) is 10.5. The number of aliphatic carboxylic acids is 1. The monoisotopic (exact) mass is 410 g/mol. The van der Waals surface area contributed by atoms with Crippen molar-refractivity contribution in [2.24, 2.45) is 0 Å². The summed E-state index contributed by atoms with van der Waals surface area (Å²) in [5, 5.41) is 12.8. The number of carboxylic acids is 1. The molecule has 0 saturated heterocycles. The van der Waals surface area contributed by atoms with Gasteiger partial charge in [0.1, 0.15) is 11.3 Å². The minimum Gasteiger partial charge on any atom is -0.478 e. The number of carbonyl (C=O) groups is 1. The fourth-order valence-corrected chi connectivity index (χ4v) is 3.21. The maximum Gasteiger partial charge on any atom is 0.347 e. The molecule has 0 aliphatic heterocycles. The molecule has 3 aromatic rings. The van der Waals surface area contributed by atoms with Crippen LogP contribution in [0.25, 0.3) is 11.1 Å². The van der Waals surface area contributed by atoms with Crippen molar-refractivity contribution in [2.75, 3.05) is 0 Å². The molecule has 0 aliphatic carbocycles. The number of hydrogen-bond acceptors (Lipinski definition) is 5. The minimum absolute atomic E-state index is 0.0332. The zero-order valence-corrected chi connectivity index (χ0v) is 17.9. The summed E-state index contributed by atoms with van der Waals surface area (Å²) in [5.41, 5.74) is 1.48. The topological polar surface area (TPSA) is 84.6 Å². The Morgan fingerprint density at radius 3 is 2.57 bits per heavy atom. The molecule has 0 aliphatic rings. The molecule has 1 aromatic heterocycles. The molecule has 0 radical (unpaired) electrons. The van der Waals surface area contributed by atoms with Crippen LogP contribution in [0.5, 0.6) is 5.75 Å². The molecule has 160 valence electrons. The van der Waals surface area contributed by atoms with Gasteiger partial charge in [-0.25, -0.2) is 9.78 Å². The molecule has 1 heterocycles. The fraction of sp³-hybridized carbons (Fsp3) is 0.417. The number of unbranched alkanes of at least 4 members (excludes halogenated alkanes) is 2. The number of ether oxygens (including phenoxy) is 1. The van der Waals surface area contributed by atoms with Gasteiger partial charge in [-0.3, -0.25) is 0 Å². The number of fused-ring (bicyclic) bond motifs is 1. The molecule has 1 unspecified atom stereocenters. The molecular formula is C24H30N2O4. The highest BCUT2D eigenvalue weighted by atomic mass is 16.5. The van der Waals surface area contributed by atoms with Gasteiger partial charge >= 0.3 is 5.97 Å². The van der Waals surface area contributed by atoms with Crippen molar-refractivity contribution in [3.8, 4) is 5.75 Å². The Labute approximate surface area is 177 Å². The smallest absolute Gasteiger partial charge is 0.347 e. The first-order chi connectivity index (χ1) is 14.4. The van der Waals surface area contributed by atoms with Crippen molar-refractivity contribution in [2.45, 2.75) is 64.6 Å². The van der Waals surface area contributed by atoms with Crippen LogP contribution in [0.2, 0.25) is 0 Å². The average Bonchev–Trinajstić information content (AvgIpc) is 3.15. The van der Waals surface area contributed by atoms with Crippen molar-refractivity contribution in [1.82, 2.24) is 10.3 Å². The third kappa shape index (κ3) is 5.60. The summed E-state index contributed by atoms with van der Waals surface area (Å²) < 4.78 is 11.6. The molecule has 0 amide bonds. The van der Waals surface area contributed by atoms with E-state index in [1.165, 1.54) is 20.3 Å². The number of oxazole rings is 1. The standard InChI is InChI=1S/C24H30N2O4/c1-4-5-6-10-20(22-26-19-9-7-8-11-21(19)29-22)25-16-17-12-14-18(15-13-17)30-24(2,3)23(27)28/h7-9,11-15,20,25H,4-6,10,16H2,1-3H3,(H,27,28). The number of aromatic nitrogens is 1. The van der Waals surface area contributed by atoms with Crippen LogP contribution in [-0.2, 0) is 11.3 Å². The highest BCUT2D eigenvalue weighted by Crippen LogP contribution is 2.25. The second-order valence-corrected chi connectivity index (χ2v) is 8.01. The van der Waals surface area contributed by atoms with E-state index >= 15 is 0 Å². The molecule has 30 heavy (non-hydrogen) atoms. The summed E-state index contributed by atoms with van der Waals surface area (Å²) in [5.74, 6) is 0.251. The summed E-state index contributed by atoms with van der Waals surface area (Å²) in [4.78, 5) is 15.9. The van der Waals surface area contributed by atoms with E-state index < -0.39 is 11.6 Å². The van der Waals surface area contributed by atoms with Crippen molar-refractivity contribution in [1.29, 1.82) is 0 Å². The number of carboxylic acid groups (broad SMARTS) is 1. The van der Waals surface area contributed by atoms with Crippen molar-refractivity contribution < 1.29 is 19.1 Å². The Balaban J connectivity index is 1.66. The van der Waals surface area contributed by atoms with Crippen LogP contribution in [-0.4, -0.2) is 21.7 Å². The lowest BCUT2D eigenvalue weighted by atomic mass is 10.1. The molecular weight excluding hydrogens is 380 g/mol. The number of benzene rings is 2. The highest BCUT2D eigenvalue weighted by molar-refractivity contribution is 5.76. The molecule has 0 saturated carbocycles. The predicted octanol–water partition coefficient (Wildman–Crippen LogP) is 5.48. The van der Waals surface area contributed by atoms with Gasteiger partial charge in [0.25, 0.3) is 0 Å². The van der Waals surface area contributed by atoms with Gasteiger partial charge in [-0.15, -0.1) is 0 Å². The van der Waals surface area contributed by atoms with Crippen LogP contribution in [0, 0.1) is 0 Å². The molecule has 0 fully saturated rings. The first kappa shape index (κ1) is 21.8. The van der Waals surface area contributed by atoms with Crippen LogP contribution in [0.15, 0.2) is 52.9 Å². The van der Waals surface area contributed by atoms with Crippen LogP contribution in [0.1, 0.15) is 64.0 Å². The molecule has 0 spiro atoms. The minimum atomic E-state index is -1.27. The van der Waals surface area contributed by atoms with Crippen LogP contribution < -0.4 is 10.1 Å². The van der Waals surface area contributed by atoms with E-state index in [2.05, 4.69) is 17.2 Å². The molecule has 1 atom stereocenters. The van der Waals surface area contributed by atoms with E-state index in [4.69, 9.17) is 9.15 Å². The van der Waals surface area contributed by atoms with Gasteiger partial charge < -0.3 is 19.6 Å². The van der Waals surface area contributed by atoms with Gasteiger partial charge in [0.15, 0.2) is 11.2 Å². The number of rotatable bonds is 11. The maximum atomic E-state index is 11.2. The van der Waals surface area contributed by atoms with Gasteiger partial charge in [0, 0.05) is 6.54 Å². The van der Waals surface area contributed by atoms with Crippen molar-refractivity contribution >= 4 is 17.1 Å². The molecule has 3 rings (SSSR count). The number of nitrogens with zero attached hydrogens (tertiary/aromatic N) is 1. The van der Waals surface area contributed by atoms with E-state index in [-0.39, 0.29) is 6.04 Å². The Morgan fingerprint density at radius 1 is 1.17 bits per heavy atom. The zero-order valence-electron chi connectivity index (χ0n) is 17.9. The quantitative estimate of drug-likeness (QED) is 0.407. The second kappa shape index (κ2) is 9.76. The Bertz CT molecular complexity index is 930. The Kier molecular flexibility index (Phi) is 7.11. The Hall–Kier alpha value is -2.86. The maximum absolute atomic E-state index is 11.2. The lowest BCUT2D eigenvalue weighted by Crippen LogP contribution is -2.37. The van der Waals surface area contributed by atoms with Gasteiger partial charge in [-0.05, 0) is 50.1 Å². The number of nitrogens with one attached hydrogen (secondary N) is 1. The van der Waals surface area contributed by atoms with E-state index in [9.17, 15) is 9.90 Å². The predicted molar refractivity (Wildman–Crippen MR) is 117 cm³/mol. The lowest BCUT2D eigenvalue weighted by molar-refractivity contribution is -0.152. The van der Waals surface area contributed by atoms with Gasteiger partial charge in [-0.2, -0.15) is 0 Å². The van der Waals surface area contributed by atoms with Crippen molar-refractivity contribution in [3.05, 3.63) is 60.0 Å². The van der Waals surface area contributed by atoms with Gasteiger partial charge in [-0.1, -0.05) is 50.5 Å². The largest absolute Gasteiger partial charge is 0.478 e. The third-order valence-electron chi connectivity index (χ3n) is 5.07. The number of hydrogen-bond donors (Lipinski definition) is 2. The van der Waals surface area contributed by atoms with Crippen molar-refractivity contribution in [3.63, 3.8) is 0 Å². The molecule has 2 N–H and O–H groups in total. The summed E-state index contributed by atoms with van der Waals surface area (Å²) in [6, 6.07) is 15.3. The van der Waals surface area contributed by atoms with Gasteiger partial charge in [0.2, 0.25) is 5.89 Å². The van der Waals surface area contributed by atoms with Gasteiger partial charge in [0.05, 0.1) is 6.04 Å². The summed E-state index contributed by atoms with van der Waals surface area (Å²) in [6.07, 6.45) is 4.39. The Morgan fingerprint density at radius 2 is 1.90 bits per heavy atom. The fourth-order valence-electron chi connectivity index (χ4n) is 3.21. The van der Waals surface area contributed by atoms with Crippen LogP contribution >= 0.6 is 0 Å². The first-order valence-corrected chi connectivity index (χ1v) is 10.5. The number of para-hydroxylation sites is 2. The molecule has 0 bridgehead atoms. The molecule has 2 aromatic carbocycles. The summed E-state index contributed by atoms with van der Waals surface area (Å²) >= 11 is 0. The molecule has 6 nitrogen and oxygen atoms in total. The SMILES string of the molecule is CCCCCC(NCc1ccc(OC(C)(C)C(=O)O)cc1)c1nc2ccccc2o1. The third-order valence-corrected chi connectivity index (χ3v) is 5.07. The van der Waals surface area contributed by atoms with Crippen LogP contribution in [0.4, 0.5) is 0 Å². The van der Waals surface area contributed by atoms with E-state index in [0.29, 0.717) is 12.3 Å². The molecule has 6 heteroatoms. The van der Waals surface area contributed by atoms with E-state index in [0.717, 1.165) is 41.8 Å². The average molecular weight is 411 g/mol. The highest BCUT2D eigenvalue weighted by Gasteiger charge is 2.29. The zero-order chi connectivity index (χ0) is 21.6. The summed E-state index contributed by atoms with van der Waals surface area (Å²) in [6.45, 7) is 5.91. The van der Waals surface area contributed by atoms with E-state index in [1.54, 1.807) is 12.1 Å². The summed E-state index contributed by atoms with van der Waals surface area (Å²) in [7, 11) is 0. The normalized spacial score (nSPS) is 12.8. The van der Waals surface area contributed by atoms with Crippen LogP contribution in [0.3, 0.4) is 0 Å².